The number of anilines is 1. The summed E-state index contributed by atoms with van der Waals surface area (Å²) in [5, 5.41) is 4.71. The van der Waals surface area contributed by atoms with Gasteiger partial charge in [-0.1, -0.05) is 0 Å². The molecule has 0 saturated heterocycles. The lowest BCUT2D eigenvalue weighted by atomic mass is 10.1. The Bertz CT molecular complexity index is 642. The lowest BCUT2D eigenvalue weighted by molar-refractivity contribution is 1.48. The summed E-state index contributed by atoms with van der Waals surface area (Å²) < 4.78 is 3.05. The molecular weight excluding hydrogens is 484 g/mol. The smallest absolute Gasteiger partial charge is 0.146 e. The Kier molecular flexibility index (Phi) is 3.92. The molecule has 0 amide bonds. The molecule has 0 atom stereocenters. The molecule has 0 radical (unpaired) electrons. The summed E-state index contributed by atoms with van der Waals surface area (Å²) in [6, 6.07) is 3.81. The highest BCUT2D eigenvalue weighted by Gasteiger charge is 2.16. The number of nitrogen functional groups attached to an aromatic ring is 1. The van der Waals surface area contributed by atoms with Gasteiger partial charge in [0.05, 0.1) is 14.6 Å². The van der Waals surface area contributed by atoms with E-state index < -0.39 is 0 Å². The minimum Gasteiger partial charge on any atom is -0.396 e. The van der Waals surface area contributed by atoms with Gasteiger partial charge in [0.1, 0.15) is 5.69 Å². The Balaban J connectivity index is 3.03. The molecule has 7 heteroatoms. The highest BCUT2D eigenvalue weighted by Crippen LogP contribution is 2.46. The van der Waals surface area contributed by atoms with Crippen molar-refractivity contribution in [3.8, 4) is 0 Å². The van der Waals surface area contributed by atoms with Crippen molar-refractivity contribution in [2.24, 2.45) is 5.18 Å². The summed E-state index contributed by atoms with van der Waals surface area (Å²) in [7, 11) is 0. The fraction of sp³-hybridized carbons (Fsp3) is 0. The van der Waals surface area contributed by atoms with Crippen LogP contribution in [0.15, 0.2) is 35.2 Å². The molecule has 0 heterocycles. The van der Waals surface area contributed by atoms with Gasteiger partial charge in [-0.3, -0.25) is 0 Å². The van der Waals surface area contributed by atoms with Gasteiger partial charge in [0, 0.05) is 19.7 Å². The maximum absolute atomic E-state index is 10.8. The zero-order chi connectivity index (χ0) is 12.7. The molecule has 2 N–H and O–H groups in total. The quantitative estimate of drug-likeness (QED) is 0.404. The first-order valence-corrected chi connectivity index (χ1v) is 7.53. The third kappa shape index (κ3) is 2.18. The number of nitrogens with two attached hydrogens (primary N) is 1. The minimum absolute atomic E-state index is 0.207. The van der Waals surface area contributed by atoms with Crippen LogP contribution in [0.5, 0.6) is 0 Å². The number of rotatable bonds is 1. The number of nitroso groups, excluding NO2 is 1. The van der Waals surface area contributed by atoms with Gasteiger partial charge < -0.3 is 5.73 Å². The van der Waals surface area contributed by atoms with Crippen LogP contribution in [0.1, 0.15) is 0 Å². The fourth-order valence-corrected chi connectivity index (χ4v) is 3.31. The van der Waals surface area contributed by atoms with Crippen molar-refractivity contribution in [1.29, 1.82) is 0 Å². The van der Waals surface area contributed by atoms with Gasteiger partial charge in [-0.25, -0.2) is 0 Å². The first kappa shape index (κ1) is 13.5. The first-order valence-electron chi connectivity index (χ1n) is 4.36. The predicted molar refractivity (Wildman–Crippen MR) is 84.6 cm³/mol. The van der Waals surface area contributed by atoms with Gasteiger partial charge >= 0.3 is 0 Å². The van der Waals surface area contributed by atoms with Gasteiger partial charge in [-0.05, 0) is 81.0 Å². The Hall–Kier alpha value is 0.0200. The summed E-state index contributed by atoms with van der Waals surface area (Å²) in [5.74, 6) is 0. The van der Waals surface area contributed by atoms with E-state index in [1.165, 1.54) is 0 Å². The molecule has 0 spiro atoms. The standard InChI is InChI=1S/C10H4Br4N2O/c11-5-1-3-4(2-6(5)12)8(14)10(16-17)9(15)7(3)13/h1-2H,15H2. The van der Waals surface area contributed by atoms with Gasteiger partial charge in [0.2, 0.25) is 0 Å². The van der Waals surface area contributed by atoms with Crippen LogP contribution >= 0.6 is 63.7 Å². The van der Waals surface area contributed by atoms with Crippen molar-refractivity contribution in [2.45, 2.75) is 0 Å². The third-order valence-corrected chi connectivity index (χ3v) is 5.83. The van der Waals surface area contributed by atoms with Crippen LogP contribution in [0.25, 0.3) is 10.8 Å². The summed E-state index contributed by atoms with van der Waals surface area (Å²) in [6.45, 7) is 0. The number of fused-ring (bicyclic) bond motifs is 1. The van der Waals surface area contributed by atoms with E-state index in [-0.39, 0.29) is 5.69 Å². The van der Waals surface area contributed by atoms with Crippen LogP contribution in [-0.2, 0) is 0 Å². The van der Waals surface area contributed by atoms with Gasteiger partial charge in [-0.15, -0.1) is 4.91 Å². The molecule has 2 rings (SSSR count). The summed E-state index contributed by atoms with van der Waals surface area (Å²) in [6.07, 6.45) is 0. The molecule has 17 heavy (non-hydrogen) atoms. The normalized spacial score (nSPS) is 10.8. The van der Waals surface area contributed by atoms with Crippen molar-refractivity contribution in [3.63, 3.8) is 0 Å². The molecule has 0 fully saturated rings. The molecular formula is C10H4Br4N2O. The van der Waals surface area contributed by atoms with E-state index in [1.807, 2.05) is 12.1 Å². The first-order chi connectivity index (χ1) is 7.97. The average Bonchev–Trinajstić information content (AvgIpc) is 2.30. The minimum atomic E-state index is 0.207. The Morgan fingerprint density at radius 1 is 0.941 bits per heavy atom. The summed E-state index contributed by atoms with van der Waals surface area (Å²) in [5.41, 5.74) is 6.38. The molecule has 3 nitrogen and oxygen atoms in total. The van der Waals surface area contributed by atoms with Crippen LogP contribution in [0.4, 0.5) is 11.4 Å². The largest absolute Gasteiger partial charge is 0.396 e. The second-order valence-corrected chi connectivity index (χ2v) is 6.59. The number of benzene rings is 2. The molecule has 0 aromatic heterocycles. The van der Waals surface area contributed by atoms with Crippen molar-refractivity contribution < 1.29 is 0 Å². The van der Waals surface area contributed by atoms with E-state index in [2.05, 4.69) is 68.9 Å². The average molecular weight is 488 g/mol. The number of halogens is 4. The zero-order valence-electron chi connectivity index (χ0n) is 8.10. The van der Waals surface area contributed by atoms with Crippen LogP contribution in [0.3, 0.4) is 0 Å². The maximum Gasteiger partial charge on any atom is 0.146 e. The lowest BCUT2D eigenvalue weighted by Crippen LogP contribution is -1.91. The second kappa shape index (κ2) is 4.95. The van der Waals surface area contributed by atoms with E-state index >= 15 is 0 Å². The van der Waals surface area contributed by atoms with Crippen molar-refractivity contribution in [2.75, 3.05) is 5.73 Å². The predicted octanol–water partition coefficient (Wildman–Crippen LogP) is 5.87. The molecule has 0 bridgehead atoms. The molecule has 88 valence electrons. The Morgan fingerprint density at radius 3 is 1.88 bits per heavy atom. The molecule has 2 aromatic rings. The van der Waals surface area contributed by atoms with Gasteiger partial charge in [-0.2, -0.15) is 0 Å². The van der Waals surface area contributed by atoms with Crippen LogP contribution in [0.2, 0.25) is 0 Å². The molecule has 2 aromatic carbocycles. The molecule has 0 unspecified atom stereocenters. The van der Waals surface area contributed by atoms with Crippen molar-refractivity contribution in [1.82, 2.24) is 0 Å². The van der Waals surface area contributed by atoms with Crippen LogP contribution in [0, 0.1) is 4.91 Å². The molecule has 0 aliphatic carbocycles. The fourth-order valence-electron chi connectivity index (χ4n) is 1.49. The van der Waals surface area contributed by atoms with E-state index in [0.29, 0.717) is 14.6 Å². The van der Waals surface area contributed by atoms with Crippen molar-refractivity contribution in [3.05, 3.63) is 34.9 Å². The number of nitrogens with zero attached hydrogens (tertiary/aromatic N) is 1. The molecule has 0 aliphatic rings. The summed E-state index contributed by atoms with van der Waals surface area (Å²) >= 11 is 13.6. The Morgan fingerprint density at radius 2 is 1.41 bits per heavy atom. The number of hydrogen-bond acceptors (Lipinski definition) is 3. The van der Waals surface area contributed by atoms with Gasteiger partial charge in [0.15, 0.2) is 0 Å². The lowest BCUT2D eigenvalue weighted by Gasteiger charge is -2.10. The highest BCUT2D eigenvalue weighted by molar-refractivity contribution is 9.13. The van der Waals surface area contributed by atoms with E-state index in [1.54, 1.807) is 0 Å². The van der Waals surface area contributed by atoms with Crippen molar-refractivity contribution >= 4 is 85.9 Å². The van der Waals surface area contributed by atoms with E-state index in [0.717, 1.165) is 19.7 Å². The van der Waals surface area contributed by atoms with Gasteiger partial charge in [0.25, 0.3) is 0 Å². The topological polar surface area (TPSA) is 55.4 Å². The van der Waals surface area contributed by atoms with E-state index in [4.69, 9.17) is 5.73 Å². The SMILES string of the molecule is Nc1c(N=O)c(Br)c2cc(Br)c(Br)cc2c1Br. The Labute approximate surface area is 131 Å². The zero-order valence-corrected chi connectivity index (χ0v) is 14.4. The molecule has 0 aliphatic heterocycles. The third-order valence-electron chi connectivity index (χ3n) is 2.32. The number of hydrogen-bond donors (Lipinski definition) is 1. The van der Waals surface area contributed by atoms with E-state index in [9.17, 15) is 4.91 Å². The van der Waals surface area contributed by atoms with Crippen LogP contribution < -0.4 is 5.73 Å². The monoisotopic (exact) mass is 484 g/mol. The van der Waals surface area contributed by atoms with Crippen LogP contribution in [-0.4, -0.2) is 0 Å². The second-order valence-electron chi connectivity index (χ2n) is 3.29. The maximum atomic E-state index is 10.8. The summed E-state index contributed by atoms with van der Waals surface area (Å²) in [4.78, 5) is 10.8. The molecule has 0 saturated carbocycles. The highest BCUT2D eigenvalue weighted by atomic mass is 79.9.